The van der Waals surface area contributed by atoms with Gasteiger partial charge >= 0.3 is 10.4 Å². The minimum Gasteiger partial charge on any atom is -0.314 e. The van der Waals surface area contributed by atoms with Crippen LogP contribution in [-0.4, -0.2) is 69.9 Å². The van der Waals surface area contributed by atoms with Crippen LogP contribution in [0.3, 0.4) is 0 Å². The van der Waals surface area contributed by atoms with Crippen LogP contribution in [0.5, 0.6) is 0 Å². The first-order chi connectivity index (χ1) is 8.00. The molecule has 0 aliphatic carbocycles. The summed E-state index contributed by atoms with van der Waals surface area (Å²) in [7, 11) is -4.67. The molecule has 0 spiro atoms. The van der Waals surface area contributed by atoms with Gasteiger partial charge in [0.15, 0.2) is 0 Å². The Labute approximate surface area is 102 Å². The predicted octanol–water partition coefficient (Wildman–Crippen LogP) is -2.29. The van der Waals surface area contributed by atoms with Crippen LogP contribution in [-0.2, 0) is 10.4 Å². The highest BCUT2D eigenvalue weighted by atomic mass is 32.3. The van der Waals surface area contributed by atoms with Gasteiger partial charge in [-0.3, -0.25) is 9.11 Å². The molecular weight excluding hydrogens is 248 g/mol. The van der Waals surface area contributed by atoms with Gasteiger partial charge in [-0.2, -0.15) is 8.42 Å². The summed E-state index contributed by atoms with van der Waals surface area (Å²) in [5.74, 6) is 0. The molecule has 0 aromatic carbocycles. The maximum Gasteiger partial charge on any atom is 0.394 e. The monoisotopic (exact) mass is 270 g/mol. The number of rotatable bonds is 0. The normalized spacial score (nSPS) is 20.4. The Morgan fingerprint density at radius 1 is 0.588 bits per heavy atom. The van der Waals surface area contributed by atoms with Crippen LogP contribution < -0.4 is 21.3 Å². The summed E-state index contributed by atoms with van der Waals surface area (Å²) >= 11 is 0. The summed E-state index contributed by atoms with van der Waals surface area (Å²) in [5, 5.41) is 13.4. The molecule has 8 nitrogen and oxygen atoms in total. The molecule has 6 N–H and O–H groups in total. The van der Waals surface area contributed by atoms with Crippen molar-refractivity contribution in [2.45, 2.75) is 0 Å². The van der Waals surface area contributed by atoms with Crippen molar-refractivity contribution in [1.29, 1.82) is 0 Å². The van der Waals surface area contributed by atoms with Gasteiger partial charge in [-0.1, -0.05) is 0 Å². The van der Waals surface area contributed by atoms with Gasteiger partial charge in [0.1, 0.15) is 0 Å². The molecule has 1 rings (SSSR count). The van der Waals surface area contributed by atoms with E-state index in [0.29, 0.717) is 0 Å². The molecule has 1 saturated heterocycles. The van der Waals surface area contributed by atoms with E-state index in [-0.39, 0.29) is 0 Å². The van der Waals surface area contributed by atoms with E-state index in [9.17, 15) is 0 Å². The molecule has 0 radical (unpaired) electrons. The fourth-order valence-electron chi connectivity index (χ4n) is 1.21. The first kappa shape index (κ1) is 16.7. The zero-order chi connectivity index (χ0) is 13.0. The standard InChI is InChI=1S/C8H20N4.H2O4S/c1-2-10-5-6-12-8-7-11-4-3-9-1;1-5(2,3)4/h9-12H,1-8H2;(H2,1,2,3,4). The first-order valence-corrected chi connectivity index (χ1v) is 6.92. The van der Waals surface area contributed by atoms with Crippen LogP contribution in [0, 0.1) is 0 Å². The van der Waals surface area contributed by atoms with Gasteiger partial charge in [-0.25, -0.2) is 0 Å². The largest absolute Gasteiger partial charge is 0.394 e. The summed E-state index contributed by atoms with van der Waals surface area (Å²) in [5.41, 5.74) is 0. The molecule has 1 fully saturated rings. The van der Waals surface area contributed by atoms with E-state index >= 15 is 0 Å². The van der Waals surface area contributed by atoms with Crippen molar-refractivity contribution in [2.75, 3.05) is 52.4 Å². The highest BCUT2D eigenvalue weighted by molar-refractivity contribution is 7.79. The Bertz CT molecular complexity index is 209. The maximum atomic E-state index is 8.74. The Kier molecular flexibility index (Phi) is 10.7. The SMILES string of the molecule is C1CNCCNCCNCCN1.O=S(=O)(O)O. The lowest BCUT2D eigenvalue weighted by molar-refractivity contribution is 0.381. The molecule has 9 heteroatoms. The molecule has 0 aromatic heterocycles. The molecule has 17 heavy (non-hydrogen) atoms. The maximum absolute atomic E-state index is 8.74. The smallest absolute Gasteiger partial charge is 0.314 e. The molecule has 0 atom stereocenters. The molecule has 0 aromatic rings. The third-order valence-electron chi connectivity index (χ3n) is 1.91. The third-order valence-corrected chi connectivity index (χ3v) is 1.91. The lowest BCUT2D eigenvalue weighted by atomic mass is 10.4. The van der Waals surface area contributed by atoms with Gasteiger partial charge in [-0.15, -0.1) is 0 Å². The van der Waals surface area contributed by atoms with E-state index in [1.165, 1.54) is 0 Å². The average molecular weight is 270 g/mol. The molecule has 0 unspecified atom stereocenters. The van der Waals surface area contributed by atoms with Gasteiger partial charge in [-0.05, 0) is 0 Å². The number of nitrogens with one attached hydrogen (secondary N) is 4. The first-order valence-electron chi connectivity index (χ1n) is 5.53. The minimum atomic E-state index is -4.67. The third kappa shape index (κ3) is 21.5. The predicted molar refractivity (Wildman–Crippen MR) is 65.7 cm³/mol. The summed E-state index contributed by atoms with van der Waals surface area (Å²) in [6.45, 7) is 8.57. The summed E-state index contributed by atoms with van der Waals surface area (Å²) in [4.78, 5) is 0. The van der Waals surface area contributed by atoms with Crippen molar-refractivity contribution in [3.8, 4) is 0 Å². The minimum absolute atomic E-state index is 1.07. The Hall–Kier alpha value is -0.290. The molecule has 0 bridgehead atoms. The average Bonchev–Trinajstić information content (AvgIpc) is 2.15. The second kappa shape index (κ2) is 10.8. The quantitative estimate of drug-likeness (QED) is 0.272. The molecule has 104 valence electrons. The lowest BCUT2D eigenvalue weighted by Crippen LogP contribution is -2.39. The molecule has 1 heterocycles. The van der Waals surface area contributed by atoms with Crippen LogP contribution in [0.1, 0.15) is 0 Å². The van der Waals surface area contributed by atoms with Gasteiger partial charge in [0.25, 0.3) is 0 Å². The van der Waals surface area contributed by atoms with Crippen LogP contribution in [0.25, 0.3) is 0 Å². The van der Waals surface area contributed by atoms with E-state index in [1.807, 2.05) is 0 Å². The topological polar surface area (TPSA) is 123 Å². The van der Waals surface area contributed by atoms with E-state index in [2.05, 4.69) is 21.3 Å². The van der Waals surface area contributed by atoms with E-state index in [4.69, 9.17) is 17.5 Å². The highest BCUT2D eigenvalue weighted by Gasteiger charge is 1.92. The van der Waals surface area contributed by atoms with Crippen LogP contribution in [0.15, 0.2) is 0 Å². The lowest BCUT2D eigenvalue weighted by Gasteiger charge is -2.11. The van der Waals surface area contributed by atoms with Crippen molar-refractivity contribution in [3.63, 3.8) is 0 Å². The van der Waals surface area contributed by atoms with Crippen LogP contribution >= 0.6 is 0 Å². The van der Waals surface area contributed by atoms with Gasteiger partial charge in [0.2, 0.25) is 0 Å². The fourth-order valence-corrected chi connectivity index (χ4v) is 1.21. The van der Waals surface area contributed by atoms with Crippen LogP contribution in [0.2, 0.25) is 0 Å². The van der Waals surface area contributed by atoms with E-state index < -0.39 is 10.4 Å². The second-order valence-electron chi connectivity index (χ2n) is 3.45. The molecule has 0 saturated carbocycles. The molecule has 1 aliphatic heterocycles. The molecule has 0 amide bonds. The van der Waals surface area contributed by atoms with Crippen molar-refractivity contribution < 1.29 is 17.5 Å². The summed E-state index contributed by atoms with van der Waals surface area (Å²) in [6.07, 6.45) is 0. The molecule has 1 aliphatic rings. The number of hydrogen-bond donors (Lipinski definition) is 6. The van der Waals surface area contributed by atoms with Crippen LogP contribution in [0.4, 0.5) is 0 Å². The van der Waals surface area contributed by atoms with E-state index in [0.717, 1.165) is 52.4 Å². The van der Waals surface area contributed by atoms with Crippen molar-refractivity contribution in [3.05, 3.63) is 0 Å². The van der Waals surface area contributed by atoms with Crippen molar-refractivity contribution in [1.82, 2.24) is 21.3 Å². The van der Waals surface area contributed by atoms with Crippen molar-refractivity contribution >= 4 is 10.4 Å². The van der Waals surface area contributed by atoms with E-state index in [1.54, 1.807) is 0 Å². The zero-order valence-electron chi connectivity index (χ0n) is 9.78. The number of hydrogen-bond acceptors (Lipinski definition) is 6. The van der Waals surface area contributed by atoms with Gasteiger partial charge < -0.3 is 21.3 Å². The summed E-state index contributed by atoms with van der Waals surface area (Å²) < 4.78 is 31.6. The Balaban J connectivity index is 0.000000437. The highest BCUT2D eigenvalue weighted by Crippen LogP contribution is 1.66. The van der Waals surface area contributed by atoms with Crippen molar-refractivity contribution in [2.24, 2.45) is 0 Å². The fraction of sp³-hybridized carbons (Fsp3) is 1.00. The van der Waals surface area contributed by atoms with Gasteiger partial charge in [0, 0.05) is 52.4 Å². The molecular formula is C8H22N4O4S. The Morgan fingerprint density at radius 3 is 0.824 bits per heavy atom. The summed E-state index contributed by atoms with van der Waals surface area (Å²) in [6, 6.07) is 0. The Morgan fingerprint density at radius 2 is 0.706 bits per heavy atom. The van der Waals surface area contributed by atoms with Gasteiger partial charge in [0.05, 0.1) is 0 Å². The zero-order valence-corrected chi connectivity index (χ0v) is 10.6. The second-order valence-corrected chi connectivity index (χ2v) is 4.34.